The van der Waals surface area contributed by atoms with Crippen LogP contribution in [0.5, 0.6) is 0 Å². The van der Waals surface area contributed by atoms with Crippen molar-refractivity contribution in [1.29, 1.82) is 0 Å². The van der Waals surface area contributed by atoms with Gasteiger partial charge in [0.15, 0.2) is 0 Å². The SMILES string of the molecule is CCN1CCC(N(C)c2cc(C)nc(N)n2)CC1. The predicted octanol–water partition coefficient (Wildman–Crippen LogP) is 1.29. The molecule has 1 aromatic heterocycles. The summed E-state index contributed by atoms with van der Waals surface area (Å²) in [4.78, 5) is 13.2. The Bertz CT molecular complexity index is 378. The van der Waals surface area contributed by atoms with Crippen molar-refractivity contribution in [2.75, 3.05) is 37.3 Å². The Morgan fingerprint density at radius 1 is 1.39 bits per heavy atom. The van der Waals surface area contributed by atoms with Crippen LogP contribution < -0.4 is 10.6 Å². The molecule has 0 spiro atoms. The molecule has 2 N–H and O–H groups in total. The van der Waals surface area contributed by atoms with E-state index in [9.17, 15) is 0 Å². The zero-order chi connectivity index (χ0) is 13.1. The summed E-state index contributed by atoms with van der Waals surface area (Å²) < 4.78 is 0. The molecule has 2 rings (SSSR count). The van der Waals surface area contributed by atoms with Crippen LogP contribution in [0.15, 0.2) is 6.07 Å². The van der Waals surface area contributed by atoms with Crippen LogP contribution in [0, 0.1) is 6.92 Å². The number of aryl methyl sites for hydroxylation is 1. The van der Waals surface area contributed by atoms with Crippen molar-refractivity contribution in [3.05, 3.63) is 11.8 Å². The van der Waals surface area contributed by atoms with E-state index in [0.717, 1.165) is 18.1 Å². The summed E-state index contributed by atoms with van der Waals surface area (Å²) in [5, 5.41) is 0. The van der Waals surface area contributed by atoms with E-state index in [4.69, 9.17) is 5.73 Å². The van der Waals surface area contributed by atoms with Crippen molar-refractivity contribution in [3.8, 4) is 0 Å². The number of likely N-dealkylation sites (tertiary alicyclic amines) is 1. The third kappa shape index (κ3) is 2.90. The second kappa shape index (κ2) is 5.52. The van der Waals surface area contributed by atoms with Crippen LogP contribution in [0.2, 0.25) is 0 Å². The highest BCUT2D eigenvalue weighted by Gasteiger charge is 2.22. The van der Waals surface area contributed by atoms with Crippen molar-refractivity contribution in [2.45, 2.75) is 32.7 Å². The molecule has 0 saturated carbocycles. The summed E-state index contributed by atoms with van der Waals surface area (Å²) >= 11 is 0. The number of anilines is 2. The van der Waals surface area contributed by atoms with Gasteiger partial charge in [-0.2, -0.15) is 4.98 Å². The zero-order valence-electron chi connectivity index (χ0n) is 11.6. The third-order valence-electron chi connectivity index (χ3n) is 3.77. The third-order valence-corrected chi connectivity index (χ3v) is 3.77. The Morgan fingerprint density at radius 2 is 2.06 bits per heavy atom. The van der Waals surface area contributed by atoms with Gasteiger partial charge < -0.3 is 15.5 Å². The molecule has 0 radical (unpaired) electrons. The lowest BCUT2D eigenvalue weighted by atomic mass is 10.0. The lowest BCUT2D eigenvalue weighted by Gasteiger charge is -2.36. The molecule has 5 nitrogen and oxygen atoms in total. The standard InChI is InChI=1S/C13H23N5/c1-4-18-7-5-11(6-8-18)17(3)12-9-10(2)15-13(14)16-12/h9,11H,4-8H2,1-3H3,(H2,14,15,16). The Hall–Kier alpha value is -1.36. The number of nitrogen functional groups attached to an aromatic ring is 1. The van der Waals surface area contributed by atoms with E-state index in [0.29, 0.717) is 12.0 Å². The minimum atomic E-state index is 0.364. The van der Waals surface area contributed by atoms with Gasteiger partial charge in [-0.05, 0) is 26.3 Å². The summed E-state index contributed by atoms with van der Waals surface area (Å²) in [5.74, 6) is 1.30. The quantitative estimate of drug-likeness (QED) is 0.874. The smallest absolute Gasteiger partial charge is 0.222 e. The number of nitrogens with two attached hydrogens (primary N) is 1. The second-order valence-corrected chi connectivity index (χ2v) is 5.00. The maximum Gasteiger partial charge on any atom is 0.222 e. The van der Waals surface area contributed by atoms with Gasteiger partial charge in [-0.1, -0.05) is 6.92 Å². The molecule has 1 fully saturated rings. The van der Waals surface area contributed by atoms with Gasteiger partial charge in [0, 0.05) is 37.9 Å². The van der Waals surface area contributed by atoms with Gasteiger partial charge in [0.05, 0.1) is 0 Å². The first-order chi connectivity index (χ1) is 8.60. The van der Waals surface area contributed by atoms with Crippen LogP contribution in [0.1, 0.15) is 25.5 Å². The number of aromatic nitrogens is 2. The van der Waals surface area contributed by atoms with E-state index in [1.54, 1.807) is 0 Å². The minimum absolute atomic E-state index is 0.364. The van der Waals surface area contributed by atoms with E-state index < -0.39 is 0 Å². The summed E-state index contributed by atoms with van der Waals surface area (Å²) in [7, 11) is 2.10. The fourth-order valence-electron chi connectivity index (χ4n) is 2.57. The van der Waals surface area contributed by atoms with Gasteiger partial charge >= 0.3 is 0 Å². The average molecular weight is 249 g/mol. The van der Waals surface area contributed by atoms with E-state index in [1.807, 2.05) is 13.0 Å². The highest BCUT2D eigenvalue weighted by Crippen LogP contribution is 2.21. The Balaban J connectivity index is 2.05. The van der Waals surface area contributed by atoms with E-state index in [-0.39, 0.29) is 0 Å². The van der Waals surface area contributed by atoms with Gasteiger partial charge in [-0.25, -0.2) is 4.98 Å². The van der Waals surface area contributed by atoms with Crippen LogP contribution in [-0.2, 0) is 0 Å². The van der Waals surface area contributed by atoms with Crippen LogP contribution >= 0.6 is 0 Å². The molecule has 0 amide bonds. The first-order valence-corrected chi connectivity index (χ1v) is 6.66. The van der Waals surface area contributed by atoms with Gasteiger partial charge in [0.25, 0.3) is 0 Å². The molecule has 1 aliphatic heterocycles. The van der Waals surface area contributed by atoms with E-state index in [2.05, 4.69) is 33.7 Å². The molecule has 1 saturated heterocycles. The van der Waals surface area contributed by atoms with Gasteiger partial charge in [0.2, 0.25) is 5.95 Å². The number of nitrogens with zero attached hydrogens (tertiary/aromatic N) is 4. The van der Waals surface area contributed by atoms with E-state index in [1.165, 1.54) is 25.9 Å². The summed E-state index contributed by atoms with van der Waals surface area (Å²) in [6, 6.07) is 2.56. The van der Waals surface area contributed by atoms with E-state index >= 15 is 0 Å². The highest BCUT2D eigenvalue weighted by atomic mass is 15.2. The topological polar surface area (TPSA) is 58.3 Å². The van der Waals surface area contributed by atoms with Crippen molar-refractivity contribution < 1.29 is 0 Å². The maximum atomic E-state index is 5.71. The molecule has 0 aliphatic carbocycles. The second-order valence-electron chi connectivity index (χ2n) is 5.00. The average Bonchev–Trinajstić information content (AvgIpc) is 2.37. The highest BCUT2D eigenvalue weighted by molar-refractivity contribution is 5.43. The number of piperidine rings is 1. The molecule has 2 heterocycles. The van der Waals surface area contributed by atoms with Crippen LogP contribution in [0.3, 0.4) is 0 Å². The predicted molar refractivity (Wildman–Crippen MR) is 74.7 cm³/mol. The first-order valence-electron chi connectivity index (χ1n) is 6.66. The molecule has 1 aromatic rings. The Morgan fingerprint density at radius 3 is 2.61 bits per heavy atom. The number of hydrogen-bond donors (Lipinski definition) is 1. The molecule has 0 unspecified atom stereocenters. The monoisotopic (exact) mass is 249 g/mol. The van der Waals surface area contributed by atoms with Crippen LogP contribution in [0.25, 0.3) is 0 Å². The zero-order valence-corrected chi connectivity index (χ0v) is 11.6. The Labute approximate surface area is 109 Å². The van der Waals surface area contributed by atoms with Gasteiger partial charge in [-0.15, -0.1) is 0 Å². The molecule has 100 valence electrons. The fourth-order valence-corrected chi connectivity index (χ4v) is 2.57. The molecule has 0 aromatic carbocycles. The summed E-state index contributed by atoms with van der Waals surface area (Å²) in [6.07, 6.45) is 2.38. The van der Waals surface area contributed by atoms with Crippen molar-refractivity contribution in [1.82, 2.24) is 14.9 Å². The normalized spacial score (nSPS) is 17.9. The molecular formula is C13H23N5. The molecule has 5 heteroatoms. The number of rotatable bonds is 3. The molecule has 1 aliphatic rings. The lowest BCUT2D eigenvalue weighted by molar-refractivity contribution is 0.220. The first kappa shape index (κ1) is 13.1. The lowest BCUT2D eigenvalue weighted by Crippen LogP contribution is -2.43. The maximum absolute atomic E-state index is 5.71. The number of hydrogen-bond acceptors (Lipinski definition) is 5. The van der Waals surface area contributed by atoms with Crippen LogP contribution in [-0.4, -0.2) is 47.6 Å². The largest absolute Gasteiger partial charge is 0.368 e. The van der Waals surface area contributed by atoms with Crippen molar-refractivity contribution in [2.24, 2.45) is 0 Å². The van der Waals surface area contributed by atoms with Crippen LogP contribution in [0.4, 0.5) is 11.8 Å². The van der Waals surface area contributed by atoms with Gasteiger partial charge in [0.1, 0.15) is 5.82 Å². The summed E-state index contributed by atoms with van der Waals surface area (Å²) in [5.41, 5.74) is 6.64. The minimum Gasteiger partial charge on any atom is -0.368 e. The molecule has 18 heavy (non-hydrogen) atoms. The molecular weight excluding hydrogens is 226 g/mol. The molecule has 0 atom stereocenters. The van der Waals surface area contributed by atoms with Gasteiger partial charge in [-0.3, -0.25) is 0 Å². The van der Waals surface area contributed by atoms with Crippen molar-refractivity contribution >= 4 is 11.8 Å². The Kier molecular flexibility index (Phi) is 4.01. The summed E-state index contributed by atoms with van der Waals surface area (Å²) in [6.45, 7) is 7.67. The molecule has 0 bridgehead atoms. The van der Waals surface area contributed by atoms with Crippen molar-refractivity contribution in [3.63, 3.8) is 0 Å². The fraction of sp³-hybridized carbons (Fsp3) is 0.692.